The summed E-state index contributed by atoms with van der Waals surface area (Å²) in [5.41, 5.74) is 4.75. The molecule has 0 atom stereocenters. The predicted molar refractivity (Wildman–Crippen MR) is 82.0 cm³/mol. The zero-order valence-electron chi connectivity index (χ0n) is 10.9. The van der Waals surface area contributed by atoms with Crippen LogP contribution in [0, 0.1) is 6.92 Å². The average Bonchev–Trinajstić information content (AvgIpc) is 3.05. The monoisotopic (exact) mass is 303 g/mol. The average molecular weight is 303 g/mol. The van der Waals surface area contributed by atoms with Crippen LogP contribution in [0.4, 0.5) is 0 Å². The van der Waals surface area contributed by atoms with E-state index in [0.29, 0.717) is 13.0 Å². The second-order valence-corrected chi connectivity index (χ2v) is 6.35. The third-order valence-corrected chi connectivity index (χ3v) is 4.66. The zero-order chi connectivity index (χ0) is 13.9. The van der Waals surface area contributed by atoms with Crippen LogP contribution < -0.4 is 5.32 Å². The molecule has 6 heteroatoms. The number of nitrogens with zero attached hydrogens (tertiary/aromatic N) is 2. The molecule has 0 spiro atoms. The Morgan fingerprint density at radius 2 is 2.25 bits per heavy atom. The van der Waals surface area contributed by atoms with Gasteiger partial charge in [-0.1, -0.05) is 12.1 Å². The second-order valence-electron chi connectivity index (χ2n) is 4.43. The molecule has 4 nitrogen and oxygen atoms in total. The molecule has 2 heterocycles. The molecule has 0 saturated heterocycles. The maximum atomic E-state index is 11.9. The van der Waals surface area contributed by atoms with E-state index in [9.17, 15) is 4.79 Å². The van der Waals surface area contributed by atoms with E-state index >= 15 is 0 Å². The predicted octanol–water partition coefficient (Wildman–Crippen LogP) is 2.92. The van der Waals surface area contributed by atoms with Crippen LogP contribution in [0.15, 0.2) is 29.1 Å². The summed E-state index contributed by atoms with van der Waals surface area (Å²) in [4.78, 5) is 20.5. The minimum absolute atomic E-state index is 0.00295. The second kappa shape index (κ2) is 5.68. The van der Waals surface area contributed by atoms with Crippen LogP contribution in [-0.4, -0.2) is 15.9 Å². The van der Waals surface area contributed by atoms with Crippen LogP contribution in [0.5, 0.6) is 0 Å². The number of amides is 1. The highest BCUT2D eigenvalue weighted by Gasteiger charge is 2.08. The smallest absolute Gasteiger partial charge is 0.226 e. The van der Waals surface area contributed by atoms with Crippen molar-refractivity contribution in [3.8, 4) is 0 Å². The van der Waals surface area contributed by atoms with Gasteiger partial charge in [0.05, 0.1) is 32.8 Å². The minimum Gasteiger partial charge on any atom is -0.352 e. The summed E-state index contributed by atoms with van der Waals surface area (Å²) in [6, 6.07) is 5.97. The van der Waals surface area contributed by atoms with Crippen molar-refractivity contribution < 1.29 is 4.79 Å². The van der Waals surface area contributed by atoms with E-state index in [1.54, 1.807) is 22.7 Å². The van der Waals surface area contributed by atoms with Crippen LogP contribution >= 0.6 is 22.7 Å². The number of carbonyl (C=O) groups is 1. The van der Waals surface area contributed by atoms with Gasteiger partial charge in [-0.15, -0.1) is 22.7 Å². The Morgan fingerprint density at radius 3 is 3.05 bits per heavy atom. The Morgan fingerprint density at radius 1 is 1.35 bits per heavy atom. The Labute approximate surface area is 124 Å². The summed E-state index contributed by atoms with van der Waals surface area (Å²) >= 11 is 3.17. The molecule has 0 aliphatic heterocycles. The molecule has 3 rings (SSSR count). The molecule has 1 amide bonds. The number of thiazole rings is 2. The molecule has 0 unspecified atom stereocenters. The number of hydrogen-bond acceptors (Lipinski definition) is 5. The first kappa shape index (κ1) is 13.2. The molecular weight excluding hydrogens is 290 g/mol. The summed E-state index contributed by atoms with van der Waals surface area (Å²) < 4.78 is 1.14. The number of aromatic nitrogens is 2. The van der Waals surface area contributed by atoms with E-state index in [-0.39, 0.29) is 5.91 Å². The maximum Gasteiger partial charge on any atom is 0.226 e. The van der Waals surface area contributed by atoms with E-state index < -0.39 is 0 Å². The van der Waals surface area contributed by atoms with Crippen molar-refractivity contribution >= 4 is 38.8 Å². The van der Waals surface area contributed by atoms with Crippen molar-refractivity contribution in [1.82, 2.24) is 15.3 Å². The number of aryl methyl sites for hydroxylation is 1. The molecule has 20 heavy (non-hydrogen) atoms. The first-order chi connectivity index (χ1) is 9.72. The van der Waals surface area contributed by atoms with Crippen LogP contribution in [0.2, 0.25) is 0 Å². The van der Waals surface area contributed by atoms with Gasteiger partial charge in [0.1, 0.15) is 0 Å². The van der Waals surface area contributed by atoms with Crippen LogP contribution in [0.3, 0.4) is 0 Å². The first-order valence-corrected chi connectivity index (χ1v) is 7.97. The van der Waals surface area contributed by atoms with Gasteiger partial charge in [-0.2, -0.15) is 0 Å². The number of benzene rings is 1. The van der Waals surface area contributed by atoms with Crippen molar-refractivity contribution in [2.24, 2.45) is 0 Å². The Hall–Kier alpha value is -1.79. The molecule has 0 aliphatic carbocycles. The van der Waals surface area contributed by atoms with E-state index in [4.69, 9.17) is 0 Å². The molecule has 0 fully saturated rings. The van der Waals surface area contributed by atoms with Crippen molar-refractivity contribution in [3.63, 3.8) is 0 Å². The molecule has 0 bridgehead atoms. The van der Waals surface area contributed by atoms with Gasteiger partial charge in [-0.25, -0.2) is 9.97 Å². The van der Waals surface area contributed by atoms with Gasteiger partial charge in [0.15, 0.2) is 0 Å². The van der Waals surface area contributed by atoms with Crippen molar-refractivity contribution in [2.75, 3.05) is 0 Å². The molecule has 0 aliphatic rings. The van der Waals surface area contributed by atoms with Crippen LogP contribution in [0.1, 0.15) is 16.3 Å². The lowest BCUT2D eigenvalue weighted by molar-refractivity contribution is -0.120. The summed E-state index contributed by atoms with van der Waals surface area (Å²) in [5.74, 6) is -0.00295. The standard InChI is InChI=1S/C14H13N3OS2/c1-9-17-11(7-19-9)5-13(18)15-6-10-3-2-4-12-14(10)20-8-16-12/h2-4,7-8H,5-6H2,1H3,(H,15,18). The van der Waals surface area contributed by atoms with Gasteiger partial charge in [-0.05, 0) is 18.6 Å². The molecule has 102 valence electrons. The fourth-order valence-electron chi connectivity index (χ4n) is 1.99. The Bertz CT molecular complexity index is 748. The summed E-state index contributed by atoms with van der Waals surface area (Å²) in [7, 11) is 0. The largest absolute Gasteiger partial charge is 0.352 e. The first-order valence-electron chi connectivity index (χ1n) is 6.21. The van der Waals surface area contributed by atoms with Crippen molar-refractivity contribution in [1.29, 1.82) is 0 Å². The maximum absolute atomic E-state index is 11.9. The number of hydrogen-bond donors (Lipinski definition) is 1. The fraction of sp³-hybridized carbons (Fsp3) is 0.214. The highest BCUT2D eigenvalue weighted by Crippen LogP contribution is 2.21. The molecular formula is C14H13N3OS2. The minimum atomic E-state index is -0.00295. The lowest BCUT2D eigenvalue weighted by Gasteiger charge is -2.05. The highest BCUT2D eigenvalue weighted by molar-refractivity contribution is 7.16. The van der Waals surface area contributed by atoms with Crippen LogP contribution in [0.25, 0.3) is 10.2 Å². The molecule has 3 aromatic rings. The van der Waals surface area contributed by atoms with Crippen LogP contribution in [-0.2, 0) is 17.8 Å². The molecule has 2 aromatic heterocycles. The quantitative estimate of drug-likeness (QED) is 0.806. The number of nitrogens with one attached hydrogen (secondary N) is 1. The highest BCUT2D eigenvalue weighted by atomic mass is 32.1. The van der Waals surface area contributed by atoms with Gasteiger partial charge >= 0.3 is 0 Å². The van der Waals surface area contributed by atoms with Gasteiger partial charge < -0.3 is 5.32 Å². The molecule has 1 N–H and O–H groups in total. The van der Waals surface area contributed by atoms with E-state index in [1.807, 2.05) is 36.0 Å². The van der Waals surface area contributed by atoms with Gasteiger partial charge in [-0.3, -0.25) is 4.79 Å². The lowest BCUT2D eigenvalue weighted by atomic mass is 10.2. The van der Waals surface area contributed by atoms with E-state index in [0.717, 1.165) is 26.5 Å². The lowest BCUT2D eigenvalue weighted by Crippen LogP contribution is -2.24. The fourth-order valence-corrected chi connectivity index (χ4v) is 3.41. The Kier molecular flexibility index (Phi) is 3.75. The van der Waals surface area contributed by atoms with E-state index in [1.165, 1.54) is 0 Å². The summed E-state index contributed by atoms with van der Waals surface area (Å²) in [6.07, 6.45) is 0.336. The van der Waals surface area contributed by atoms with Gasteiger partial charge in [0, 0.05) is 11.9 Å². The normalized spacial score (nSPS) is 10.8. The molecule has 0 saturated carbocycles. The third kappa shape index (κ3) is 2.86. The zero-order valence-corrected chi connectivity index (χ0v) is 12.6. The van der Waals surface area contributed by atoms with Gasteiger partial charge in [0.2, 0.25) is 5.91 Å². The SMILES string of the molecule is Cc1nc(CC(=O)NCc2cccc3ncsc23)cs1. The number of rotatable bonds is 4. The topological polar surface area (TPSA) is 54.9 Å². The number of fused-ring (bicyclic) bond motifs is 1. The van der Waals surface area contributed by atoms with Gasteiger partial charge in [0.25, 0.3) is 0 Å². The summed E-state index contributed by atoms with van der Waals surface area (Å²) in [5, 5.41) is 5.86. The van der Waals surface area contributed by atoms with Crippen molar-refractivity contribution in [3.05, 3.63) is 45.4 Å². The molecule has 1 aromatic carbocycles. The third-order valence-electron chi connectivity index (χ3n) is 2.92. The number of carbonyl (C=O) groups excluding carboxylic acids is 1. The molecule has 0 radical (unpaired) electrons. The van der Waals surface area contributed by atoms with E-state index in [2.05, 4.69) is 15.3 Å². The van der Waals surface area contributed by atoms with Crippen molar-refractivity contribution in [2.45, 2.75) is 19.9 Å². The summed E-state index contributed by atoms with van der Waals surface area (Å²) in [6.45, 7) is 2.47. The Balaban J connectivity index is 1.64.